The van der Waals surface area contributed by atoms with Crippen molar-refractivity contribution >= 4 is 0 Å². The molecule has 0 unspecified atom stereocenters. The summed E-state index contributed by atoms with van der Waals surface area (Å²) in [6.07, 6.45) is 14.0. The maximum atomic E-state index is 5.19. The van der Waals surface area contributed by atoms with Crippen molar-refractivity contribution in [2.45, 2.75) is 90.5 Å². The number of hydrogen-bond donors (Lipinski definition) is 1. The Morgan fingerprint density at radius 2 is 1.26 bits per heavy atom. The van der Waals surface area contributed by atoms with Crippen LogP contribution in [-0.4, -0.2) is 25.8 Å². The van der Waals surface area contributed by atoms with Gasteiger partial charge in [0.05, 0.1) is 6.61 Å². The van der Waals surface area contributed by atoms with Gasteiger partial charge in [0.15, 0.2) is 0 Å². The zero-order valence-corrected chi connectivity index (χ0v) is 13.9. The SMILES string of the molecule is CCCCCCCCCCCCNC(C)(C)COC. The molecule has 0 aromatic heterocycles. The van der Waals surface area contributed by atoms with E-state index in [4.69, 9.17) is 4.74 Å². The fourth-order valence-corrected chi connectivity index (χ4v) is 2.45. The van der Waals surface area contributed by atoms with Crippen molar-refractivity contribution in [3.8, 4) is 0 Å². The van der Waals surface area contributed by atoms with Crippen LogP contribution in [0.2, 0.25) is 0 Å². The fraction of sp³-hybridized carbons (Fsp3) is 1.00. The van der Waals surface area contributed by atoms with E-state index in [2.05, 4.69) is 26.1 Å². The van der Waals surface area contributed by atoms with Gasteiger partial charge >= 0.3 is 0 Å². The number of methoxy groups -OCH3 is 1. The van der Waals surface area contributed by atoms with Gasteiger partial charge in [-0.2, -0.15) is 0 Å². The minimum absolute atomic E-state index is 0.119. The van der Waals surface area contributed by atoms with Gasteiger partial charge in [0.25, 0.3) is 0 Å². The molecule has 0 saturated heterocycles. The van der Waals surface area contributed by atoms with Crippen LogP contribution >= 0.6 is 0 Å². The second kappa shape index (κ2) is 12.9. The average molecular weight is 271 g/mol. The Morgan fingerprint density at radius 3 is 1.74 bits per heavy atom. The highest BCUT2D eigenvalue weighted by atomic mass is 16.5. The maximum Gasteiger partial charge on any atom is 0.0639 e. The lowest BCUT2D eigenvalue weighted by Gasteiger charge is -2.25. The molecule has 0 amide bonds. The monoisotopic (exact) mass is 271 g/mol. The first-order chi connectivity index (χ1) is 9.12. The predicted molar refractivity (Wildman–Crippen MR) is 85.8 cm³/mol. The van der Waals surface area contributed by atoms with E-state index in [0.29, 0.717) is 0 Å². The Balaban J connectivity index is 3.14. The van der Waals surface area contributed by atoms with Gasteiger partial charge in [-0.05, 0) is 26.8 Å². The van der Waals surface area contributed by atoms with Gasteiger partial charge in [0.2, 0.25) is 0 Å². The molecule has 2 nitrogen and oxygen atoms in total. The molecule has 0 radical (unpaired) electrons. The van der Waals surface area contributed by atoms with Crippen molar-refractivity contribution in [3.05, 3.63) is 0 Å². The van der Waals surface area contributed by atoms with Crippen LogP contribution in [0.25, 0.3) is 0 Å². The standard InChI is InChI=1S/C17H37NO/c1-5-6-7-8-9-10-11-12-13-14-15-18-17(2,3)16-19-4/h18H,5-16H2,1-4H3. The first kappa shape index (κ1) is 18.9. The van der Waals surface area contributed by atoms with Crippen LogP contribution in [0.3, 0.4) is 0 Å². The van der Waals surface area contributed by atoms with Crippen LogP contribution in [0.5, 0.6) is 0 Å². The molecule has 1 N–H and O–H groups in total. The van der Waals surface area contributed by atoms with Crippen molar-refractivity contribution in [3.63, 3.8) is 0 Å². The van der Waals surface area contributed by atoms with Gasteiger partial charge in [-0.25, -0.2) is 0 Å². The Labute approximate surface area is 121 Å². The summed E-state index contributed by atoms with van der Waals surface area (Å²) in [6.45, 7) is 8.58. The summed E-state index contributed by atoms with van der Waals surface area (Å²) < 4.78 is 5.19. The van der Waals surface area contributed by atoms with E-state index >= 15 is 0 Å². The van der Waals surface area contributed by atoms with Crippen LogP contribution in [-0.2, 0) is 4.74 Å². The number of rotatable bonds is 14. The third-order valence-electron chi connectivity index (χ3n) is 3.64. The smallest absolute Gasteiger partial charge is 0.0639 e. The second-order valence-electron chi connectivity index (χ2n) is 6.43. The Hall–Kier alpha value is -0.0800. The molecule has 0 rings (SSSR count). The third kappa shape index (κ3) is 14.1. The van der Waals surface area contributed by atoms with E-state index in [9.17, 15) is 0 Å². The van der Waals surface area contributed by atoms with Crippen molar-refractivity contribution in [1.29, 1.82) is 0 Å². The summed E-state index contributed by atoms with van der Waals surface area (Å²) in [4.78, 5) is 0. The Kier molecular flexibility index (Phi) is 12.9. The van der Waals surface area contributed by atoms with Crippen LogP contribution in [0, 0.1) is 0 Å². The summed E-state index contributed by atoms with van der Waals surface area (Å²) in [5.41, 5.74) is 0.119. The normalized spacial score (nSPS) is 12.0. The molecule has 0 aliphatic rings. The van der Waals surface area contributed by atoms with Gasteiger partial charge in [-0.15, -0.1) is 0 Å². The fourth-order valence-electron chi connectivity index (χ4n) is 2.45. The summed E-state index contributed by atoms with van der Waals surface area (Å²) in [6, 6.07) is 0. The van der Waals surface area contributed by atoms with Gasteiger partial charge in [0.1, 0.15) is 0 Å². The molecule has 0 aliphatic carbocycles. The molecule has 0 spiro atoms. The predicted octanol–water partition coefficient (Wildman–Crippen LogP) is 4.92. The molecule has 0 fully saturated rings. The number of nitrogens with one attached hydrogen (secondary N) is 1. The molecule has 0 atom stereocenters. The molecule has 2 heteroatoms. The number of hydrogen-bond acceptors (Lipinski definition) is 2. The lowest BCUT2D eigenvalue weighted by atomic mass is 10.1. The summed E-state index contributed by atoms with van der Waals surface area (Å²) in [5, 5.41) is 3.56. The number of ether oxygens (including phenoxy) is 1. The first-order valence-corrected chi connectivity index (χ1v) is 8.36. The van der Waals surface area contributed by atoms with E-state index in [1.54, 1.807) is 7.11 Å². The second-order valence-corrected chi connectivity index (χ2v) is 6.43. The molecule has 0 aliphatic heterocycles. The lowest BCUT2D eigenvalue weighted by Crippen LogP contribution is -2.43. The van der Waals surface area contributed by atoms with E-state index in [1.807, 2.05) is 0 Å². The Bertz CT molecular complexity index is 180. The van der Waals surface area contributed by atoms with Crippen molar-refractivity contribution in [2.75, 3.05) is 20.3 Å². The van der Waals surface area contributed by atoms with Gasteiger partial charge in [-0.1, -0.05) is 64.7 Å². The molecule has 19 heavy (non-hydrogen) atoms. The zero-order valence-electron chi connectivity index (χ0n) is 13.9. The Morgan fingerprint density at radius 1 is 0.789 bits per heavy atom. The highest BCUT2D eigenvalue weighted by molar-refractivity contribution is 4.76. The highest BCUT2D eigenvalue weighted by Gasteiger charge is 2.15. The molecule has 0 bridgehead atoms. The summed E-state index contributed by atoms with van der Waals surface area (Å²) >= 11 is 0. The van der Waals surface area contributed by atoms with Gasteiger partial charge in [-0.3, -0.25) is 0 Å². The number of unbranched alkanes of at least 4 members (excludes halogenated alkanes) is 9. The largest absolute Gasteiger partial charge is 0.383 e. The van der Waals surface area contributed by atoms with Crippen LogP contribution < -0.4 is 5.32 Å². The van der Waals surface area contributed by atoms with Crippen LogP contribution in [0.15, 0.2) is 0 Å². The van der Waals surface area contributed by atoms with Gasteiger partial charge in [0, 0.05) is 12.6 Å². The minimum atomic E-state index is 0.119. The van der Waals surface area contributed by atoms with E-state index in [1.165, 1.54) is 64.2 Å². The van der Waals surface area contributed by atoms with Crippen molar-refractivity contribution in [2.24, 2.45) is 0 Å². The quantitative estimate of drug-likeness (QED) is 0.453. The van der Waals surface area contributed by atoms with E-state index in [-0.39, 0.29) is 5.54 Å². The van der Waals surface area contributed by atoms with Crippen LogP contribution in [0.4, 0.5) is 0 Å². The van der Waals surface area contributed by atoms with E-state index in [0.717, 1.165) is 13.2 Å². The maximum absolute atomic E-state index is 5.19. The van der Waals surface area contributed by atoms with Crippen molar-refractivity contribution in [1.82, 2.24) is 5.32 Å². The zero-order chi connectivity index (χ0) is 14.4. The van der Waals surface area contributed by atoms with Gasteiger partial charge < -0.3 is 10.1 Å². The van der Waals surface area contributed by atoms with Crippen molar-refractivity contribution < 1.29 is 4.74 Å². The lowest BCUT2D eigenvalue weighted by molar-refractivity contribution is 0.128. The summed E-state index contributed by atoms with van der Waals surface area (Å²) in [5.74, 6) is 0. The van der Waals surface area contributed by atoms with E-state index < -0.39 is 0 Å². The topological polar surface area (TPSA) is 21.3 Å². The molecule has 116 valence electrons. The third-order valence-corrected chi connectivity index (χ3v) is 3.64. The molecular weight excluding hydrogens is 234 g/mol. The first-order valence-electron chi connectivity index (χ1n) is 8.36. The molecule has 0 aromatic rings. The molecular formula is C17H37NO. The molecule has 0 saturated carbocycles. The minimum Gasteiger partial charge on any atom is -0.383 e. The summed E-state index contributed by atoms with van der Waals surface area (Å²) in [7, 11) is 1.77. The average Bonchev–Trinajstić information content (AvgIpc) is 2.36. The highest BCUT2D eigenvalue weighted by Crippen LogP contribution is 2.10. The molecule has 0 heterocycles. The van der Waals surface area contributed by atoms with Crippen LogP contribution in [0.1, 0.15) is 85.0 Å². The molecule has 0 aromatic carbocycles.